The summed E-state index contributed by atoms with van der Waals surface area (Å²) in [6.45, 7) is 2.21. The van der Waals surface area contributed by atoms with E-state index in [0.29, 0.717) is 0 Å². The quantitative estimate of drug-likeness (QED) is 0.550. The van der Waals surface area contributed by atoms with Gasteiger partial charge in [-0.15, -0.1) is 0 Å². The van der Waals surface area contributed by atoms with E-state index in [4.69, 9.17) is 4.74 Å². The van der Waals surface area contributed by atoms with Gasteiger partial charge in [-0.2, -0.15) is 0 Å². The van der Waals surface area contributed by atoms with E-state index < -0.39 is 6.10 Å². The summed E-state index contributed by atoms with van der Waals surface area (Å²) in [5, 5.41) is 10.1. The zero-order chi connectivity index (χ0) is 13.2. The Balaban J connectivity index is 2.44. The molecule has 0 radical (unpaired) electrons. The molecule has 0 spiro atoms. The predicted octanol–water partition coefficient (Wildman–Crippen LogP) is 4.26. The van der Waals surface area contributed by atoms with Gasteiger partial charge in [0.1, 0.15) is 11.9 Å². The summed E-state index contributed by atoms with van der Waals surface area (Å²) in [5.74, 6) is 0.737. The Morgan fingerprint density at radius 1 is 1.22 bits per heavy atom. The summed E-state index contributed by atoms with van der Waals surface area (Å²) in [5.41, 5.74) is 0.824. The van der Waals surface area contributed by atoms with Crippen LogP contribution in [-0.4, -0.2) is 12.2 Å². The monoisotopic (exact) mass is 248 g/mol. The van der Waals surface area contributed by atoms with Gasteiger partial charge in [0.25, 0.3) is 0 Å². The second kappa shape index (κ2) is 8.76. The van der Waals surface area contributed by atoms with Gasteiger partial charge in [-0.1, -0.05) is 56.5 Å². The lowest BCUT2D eigenvalue weighted by molar-refractivity contribution is 0.222. The van der Waals surface area contributed by atoms with Crippen LogP contribution < -0.4 is 4.74 Å². The Morgan fingerprint density at radius 3 is 2.72 bits per heavy atom. The van der Waals surface area contributed by atoms with Crippen LogP contribution in [-0.2, 0) is 0 Å². The molecule has 1 unspecified atom stereocenters. The van der Waals surface area contributed by atoms with Crippen LogP contribution in [0.4, 0.5) is 0 Å². The van der Waals surface area contributed by atoms with Gasteiger partial charge in [0.15, 0.2) is 0 Å². The molecule has 0 bridgehead atoms. The largest absolute Gasteiger partial charge is 0.496 e. The van der Waals surface area contributed by atoms with Gasteiger partial charge >= 0.3 is 0 Å². The van der Waals surface area contributed by atoms with Gasteiger partial charge in [-0.25, -0.2) is 0 Å². The smallest absolute Gasteiger partial charge is 0.124 e. The van der Waals surface area contributed by atoms with Crippen molar-refractivity contribution in [1.82, 2.24) is 0 Å². The van der Waals surface area contributed by atoms with E-state index >= 15 is 0 Å². The first-order chi connectivity index (χ1) is 8.79. The van der Waals surface area contributed by atoms with Crippen LogP contribution in [0.1, 0.15) is 50.7 Å². The second-order valence-corrected chi connectivity index (χ2v) is 4.46. The number of aliphatic hydroxyl groups is 1. The van der Waals surface area contributed by atoms with Gasteiger partial charge < -0.3 is 9.84 Å². The molecule has 18 heavy (non-hydrogen) atoms. The standard InChI is InChI=1S/C16H24O2/c1-3-4-5-6-7-8-12-15(17)14-11-9-10-13-16(14)18-2/h8-13,15,17H,3-7H2,1-2H3/b12-8+. The minimum Gasteiger partial charge on any atom is -0.496 e. The number of hydrogen-bond donors (Lipinski definition) is 1. The Kier molecular flexibility index (Phi) is 7.19. The fourth-order valence-electron chi connectivity index (χ4n) is 1.93. The highest BCUT2D eigenvalue weighted by atomic mass is 16.5. The average molecular weight is 248 g/mol. The summed E-state index contributed by atoms with van der Waals surface area (Å²) in [4.78, 5) is 0. The second-order valence-electron chi connectivity index (χ2n) is 4.46. The molecular weight excluding hydrogens is 224 g/mol. The van der Waals surface area contributed by atoms with Crippen molar-refractivity contribution in [3.63, 3.8) is 0 Å². The zero-order valence-corrected chi connectivity index (χ0v) is 11.4. The summed E-state index contributed by atoms with van der Waals surface area (Å²) >= 11 is 0. The van der Waals surface area contributed by atoms with E-state index in [-0.39, 0.29) is 0 Å². The van der Waals surface area contributed by atoms with Gasteiger partial charge in [0.2, 0.25) is 0 Å². The molecule has 1 aromatic carbocycles. The topological polar surface area (TPSA) is 29.5 Å². The lowest BCUT2D eigenvalue weighted by Gasteiger charge is -2.11. The molecule has 0 aliphatic heterocycles. The molecule has 0 fully saturated rings. The number of ether oxygens (including phenoxy) is 1. The van der Waals surface area contributed by atoms with Gasteiger partial charge in [-0.05, 0) is 18.9 Å². The van der Waals surface area contributed by atoms with Crippen molar-refractivity contribution < 1.29 is 9.84 Å². The van der Waals surface area contributed by atoms with E-state index in [0.717, 1.165) is 17.7 Å². The Hall–Kier alpha value is -1.28. The average Bonchev–Trinajstić information content (AvgIpc) is 2.42. The number of para-hydroxylation sites is 1. The number of benzene rings is 1. The third kappa shape index (κ3) is 4.92. The fourth-order valence-corrected chi connectivity index (χ4v) is 1.93. The number of methoxy groups -OCH3 is 1. The minimum absolute atomic E-state index is 0.577. The predicted molar refractivity (Wildman–Crippen MR) is 75.9 cm³/mol. The molecule has 0 aliphatic rings. The van der Waals surface area contributed by atoms with Crippen molar-refractivity contribution in [2.24, 2.45) is 0 Å². The molecule has 0 heterocycles. The fraction of sp³-hybridized carbons (Fsp3) is 0.500. The molecule has 1 aromatic rings. The number of aliphatic hydroxyl groups excluding tert-OH is 1. The molecule has 2 nitrogen and oxygen atoms in total. The van der Waals surface area contributed by atoms with Gasteiger partial charge in [0, 0.05) is 5.56 Å². The highest BCUT2D eigenvalue weighted by Crippen LogP contribution is 2.25. The van der Waals surface area contributed by atoms with Crippen molar-refractivity contribution in [2.75, 3.05) is 7.11 Å². The SMILES string of the molecule is CCCCCC/C=C/C(O)c1ccccc1OC. The first-order valence-electron chi connectivity index (χ1n) is 6.77. The van der Waals surface area contributed by atoms with Gasteiger partial charge in [-0.3, -0.25) is 0 Å². The van der Waals surface area contributed by atoms with Crippen LogP contribution in [0.15, 0.2) is 36.4 Å². The molecule has 1 rings (SSSR count). The van der Waals surface area contributed by atoms with E-state index in [2.05, 4.69) is 13.0 Å². The van der Waals surface area contributed by atoms with Crippen LogP contribution in [0, 0.1) is 0 Å². The Morgan fingerprint density at radius 2 is 2.00 bits per heavy atom. The highest BCUT2D eigenvalue weighted by Gasteiger charge is 2.08. The number of rotatable bonds is 8. The number of hydrogen-bond acceptors (Lipinski definition) is 2. The lowest BCUT2D eigenvalue weighted by atomic mass is 10.1. The minimum atomic E-state index is -0.577. The molecule has 1 atom stereocenters. The Labute approximate surface area is 110 Å². The third-order valence-corrected chi connectivity index (χ3v) is 3.00. The molecule has 0 aromatic heterocycles. The Bertz CT molecular complexity index is 358. The third-order valence-electron chi connectivity index (χ3n) is 3.00. The molecule has 1 N–H and O–H groups in total. The van der Waals surface area contributed by atoms with E-state index in [1.807, 2.05) is 30.3 Å². The van der Waals surface area contributed by atoms with Gasteiger partial charge in [0.05, 0.1) is 7.11 Å². The van der Waals surface area contributed by atoms with E-state index in [1.54, 1.807) is 7.11 Å². The van der Waals surface area contributed by atoms with Crippen molar-refractivity contribution in [3.05, 3.63) is 42.0 Å². The normalized spacial score (nSPS) is 12.8. The summed E-state index contributed by atoms with van der Waals surface area (Å²) in [6, 6.07) is 7.58. The molecule has 0 saturated heterocycles. The summed E-state index contributed by atoms with van der Waals surface area (Å²) in [7, 11) is 1.63. The highest BCUT2D eigenvalue weighted by molar-refractivity contribution is 5.36. The first-order valence-corrected chi connectivity index (χ1v) is 6.77. The van der Waals surface area contributed by atoms with E-state index in [1.165, 1.54) is 25.7 Å². The van der Waals surface area contributed by atoms with E-state index in [9.17, 15) is 5.11 Å². The maximum Gasteiger partial charge on any atom is 0.124 e. The number of unbranched alkanes of at least 4 members (excludes halogenated alkanes) is 4. The van der Waals surface area contributed by atoms with Crippen molar-refractivity contribution in [1.29, 1.82) is 0 Å². The summed E-state index contributed by atoms with van der Waals surface area (Å²) in [6.07, 6.45) is 9.39. The lowest BCUT2D eigenvalue weighted by Crippen LogP contribution is -1.97. The van der Waals surface area contributed by atoms with Crippen molar-refractivity contribution in [2.45, 2.75) is 45.1 Å². The molecule has 0 amide bonds. The summed E-state index contributed by atoms with van der Waals surface area (Å²) < 4.78 is 5.23. The maximum atomic E-state index is 10.1. The molecule has 100 valence electrons. The van der Waals surface area contributed by atoms with Crippen LogP contribution in [0.25, 0.3) is 0 Å². The van der Waals surface area contributed by atoms with Crippen LogP contribution in [0.3, 0.4) is 0 Å². The van der Waals surface area contributed by atoms with Crippen LogP contribution in [0.5, 0.6) is 5.75 Å². The maximum absolute atomic E-state index is 10.1. The zero-order valence-electron chi connectivity index (χ0n) is 11.4. The molecule has 0 saturated carbocycles. The van der Waals surface area contributed by atoms with Crippen LogP contribution in [0.2, 0.25) is 0 Å². The van der Waals surface area contributed by atoms with Crippen molar-refractivity contribution in [3.8, 4) is 5.75 Å². The number of allylic oxidation sites excluding steroid dienone is 1. The molecular formula is C16H24O2. The molecule has 2 heteroatoms. The first kappa shape index (κ1) is 14.8. The van der Waals surface area contributed by atoms with Crippen molar-refractivity contribution >= 4 is 0 Å². The molecule has 0 aliphatic carbocycles. The van der Waals surface area contributed by atoms with Crippen LogP contribution >= 0.6 is 0 Å².